The Morgan fingerprint density at radius 2 is 2.28 bits per heavy atom. The van der Waals surface area contributed by atoms with Crippen LogP contribution in [-0.4, -0.2) is 23.7 Å². The number of ether oxygens (including phenoxy) is 1. The Labute approximate surface area is 113 Å². The van der Waals surface area contributed by atoms with Gasteiger partial charge >= 0.3 is 0 Å². The summed E-state index contributed by atoms with van der Waals surface area (Å²) in [5.41, 5.74) is 0.162. The molecule has 1 saturated heterocycles. The lowest BCUT2D eigenvalue weighted by Gasteiger charge is -2.60. The predicted octanol–water partition coefficient (Wildman–Crippen LogP) is 3.35. The summed E-state index contributed by atoms with van der Waals surface area (Å²) in [6, 6.07) is 6.12. The van der Waals surface area contributed by atoms with Gasteiger partial charge in [-0.25, -0.2) is 4.98 Å². The van der Waals surface area contributed by atoms with Gasteiger partial charge in [-0.3, -0.25) is 0 Å². The van der Waals surface area contributed by atoms with Crippen LogP contribution in [0.5, 0.6) is 0 Å². The number of rotatable bonds is 2. The average molecular weight is 267 g/mol. The van der Waals surface area contributed by atoms with Crippen molar-refractivity contribution in [2.24, 2.45) is 11.3 Å². The van der Waals surface area contributed by atoms with E-state index in [1.165, 1.54) is 12.8 Å². The SMILES string of the molecule is CC1(C)C(Nc2cccc(Cl)n2)C2CCCOC21. The smallest absolute Gasteiger partial charge is 0.131 e. The van der Waals surface area contributed by atoms with E-state index < -0.39 is 0 Å². The number of pyridine rings is 1. The van der Waals surface area contributed by atoms with Crippen LogP contribution in [0, 0.1) is 11.3 Å². The molecule has 1 aromatic rings. The third-order valence-corrected chi connectivity index (χ3v) is 4.56. The van der Waals surface area contributed by atoms with E-state index in [0.29, 0.717) is 23.2 Å². The Hall–Kier alpha value is -0.800. The lowest BCUT2D eigenvalue weighted by molar-refractivity contribution is -0.177. The van der Waals surface area contributed by atoms with Crippen LogP contribution in [0.4, 0.5) is 5.82 Å². The van der Waals surface area contributed by atoms with Gasteiger partial charge in [0.1, 0.15) is 11.0 Å². The average Bonchev–Trinajstić information content (AvgIpc) is 2.36. The lowest BCUT2D eigenvalue weighted by Crippen LogP contribution is -2.67. The Morgan fingerprint density at radius 3 is 3.06 bits per heavy atom. The van der Waals surface area contributed by atoms with Gasteiger partial charge in [0.15, 0.2) is 0 Å². The summed E-state index contributed by atoms with van der Waals surface area (Å²) in [6.45, 7) is 5.44. The molecule has 1 aliphatic carbocycles. The molecule has 0 bridgehead atoms. The molecule has 3 atom stereocenters. The van der Waals surface area contributed by atoms with Gasteiger partial charge in [0.05, 0.1) is 6.10 Å². The van der Waals surface area contributed by atoms with E-state index >= 15 is 0 Å². The molecule has 0 aromatic carbocycles. The number of halogens is 1. The van der Waals surface area contributed by atoms with Gasteiger partial charge in [-0.2, -0.15) is 0 Å². The fourth-order valence-corrected chi connectivity index (χ4v) is 3.63. The fraction of sp³-hybridized carbons (Fsp3) is 0.643. The summed E-state index contributed by atoms with van der Waals surface area (Å²) in [4.78, 5) is 4.31. The number of anilines is 1. The summed E-state index contributed by atoms with van der Waals surface area (Å²) in [7, 11) is 0. The van der Waals surface area contributed by atoms with Gasteiger partial charge in [0.2, 0.25) is 0 Å². The van der Waals surface area contributed by atoms with Crippen LogP contribution < -0.4 is 5.32 Å². The van der Waals surface area contributed by atoms with Crippen LogP contribution >= 0.6 is 11.6 Å². The zero-order chi connectivity index (χ0) is 12.8. The minimum absolute atomic E-state index is 0.162. The van der Waals surface area contributed by atoms with Crippen molar-refractivity contribution in [3.63, 3.8) is 0 Å². The first kappa shape index (κ1) is 12.2. The molecule has 18 heavy (non-hydrogen) atoms. The first-order valence-electron chi connectivity index (χ1n) is 6.60. The zero-order valence-corrected chi connectivity index (χ0v) is 11.6. The van der Waals surface area contributed by atoms with Gasteiger partial charge in [-0.1, -0.05) is 31.5 Å². The highest BCUT2D eigenvalue weighted by molar-refractivity contribution is 6.29. The summed E-state index contributed by atoms with van der Waals surface area (Å²) in [5, 5.41) is 4.07. The van der Waals surface area contributed by atoms with E-state index in [1.54, 1.807) is 6.07 Å². The second-order valence-corrected chi connectivity index (χ2v) is 6.27. The molecule has 1 aromatic heterocycles. The molecule has 1 N–H and O–H groups in total. The maximum Gasteiger partial charge on any atom is 0.131 e. The van der Waals surface area contributed by atoms with Crippen LogP contribution in [0.2, 0.25) is 5.15 Å². The molecular weight excluding hydrogens is 248 g/mol. The lowest BCUT2D eigenvalue weighted by atomic mass is 9.55. The number of nitrogens with zero attached hydrogens (tertiary/aromatic N) is 1. The largest absolute Gasteiger partial charge is 0.377 e. The molecule has 98 valence electrons. The van der Waals surface area contributed by atoms with E-state index in [1.807, 2.05) is 12.1 Å². The molecule has 1 saturated carbocycles. The normalized spacial score (nSPS) is 33.4. The van der Waals surface area contributed by atoms with Crippen molar-refractivity contribution in [3.05, 3.63) is 23.4 Å². The van der Waals surface area contributed by atoms with E-state index in [-0.39, 0.29) is 5.41 Å². The fourth-order valence-electron chi connectivity index (χ4n) is 3.46. The molecule has 0 amide bonds. The predicted molar refractivity (Wildman–Crippen MR) is 72.9 cm³/mol. The highest BCUT2D eigenvalue weighted by atomic mass is 35.5. The number of hydrogen-bond acceptors (Lipinski definition) is 3. The Bertz CT molecular complexity index is 449. The van der Waals surface area contributed by atoms with Crippen LogP contribution in [0.1, 0.15) is 26.7 Å². The standard InChI is InChI=1S/C14H19ClN2O/c1-14(2)12(9-5-4-8-18-13(9)14)17-11-7-3-6-10(15)16-11/h3,6-7,9,12-13H,4-5,8H2,1-2H3,(H,16,17). The zero-order valence-electron chi connectivity index (χ0n) is 10.8. The van der Waals surface area contributed by atoms with Crippen molar-refractivity contribution in [3.8, 4) is 0 Å². The number of aromatic nitrogens is 1. The molecule has 3 unspecified atom stereocenters. The first-order valence-corrected chi connectivity index (χ1v) is 6.97. The molecule has 2 aliphatic rings. The third kappa shape index (κ3) is 1.90. The molecule has 2 heterocycles. The highest BCUT2D eigenvalue weighted by Gasteiger charge is 2.57. The number of fused-ring (bicyclic) bond motifs is 1. The molecule has 2 fully saturated rings. The Kier molecular flexibility index (Phi) is 2.99. The van der Waals surface area contributed by atoms with Gasteiger partial charge in [0.25, 0.3) is 0 Å². The van der Waals surface area contributed by atoms with Gasteiger partial charge in [-0.15, -0.1) is 0 Å². The van der Waals surface area contributed by atoms with Gasteiger partial charge in [0, 0.05) is 24.0 Å². The number of hydrogen-bond donors (Lipinski definition) is 1. The monoisotopic (exact) mass is 266 g/mol. The van der Waals surface area contributed by atoms with E-state index in [2.05, 4.69) is 24.1 Å². The van der Waals surface area contributed by atoms with Crippen molar-refractivity contribution in [1.29, 1.82) is 0 Å². The molecule has 0 radical (unpaired) electrons. The minimum Gasteiger partial charge on any atom is -0.377 e. The number of nitrogens with one attached hydrogen (secondary N) is 1. The Balaban J connectivity index is 1.76. The van der Waals surface area contributed by atoms with Crippen LogP contribution in [0.15, 0.2) is 18.2 Å². The van der Waals surface area contributed by atoms with Crippen LogP contribution in [-0.2, 0) is 4.74 Å². The van der Waals surface area contributed by atoms with Gasteiger partial charge < -0.3 is 10.1 Å². The second kappa shape index (κ2) is 4.39. The quantitative estimate of drug-likeness (QED) is 0.834. The molecule has 4 heteroatoms. The van der Waals surface area contributed by atoms with Crippen molar-refractivity contribution >= 4 is 17.4 Å². The van der Waals surface area contributed by atoms with Crippen molar-refractivity contribution in [2.45, 2.75) is 38.8 Å². The van der Waals surface area contributed by atoms with Crippen molar-refractivity contribution in [2.75, 3.05) is 11.9 Å². The second-order valence-electron chi connectivity index (χ2n) is 5.89. The summed E-state index contributed by atoms with van der Waals surface area (Å²) < 4.78 is 5.90. The van der Waals surface area contributed by atoms with Crippen LogP contribution in [0.3, 0.4) is 0 Å². The summed E-state index contributed by atoms with van der Waals surface area (Å²) >= 11 is 5.92. The van der Waals surface area contributed by atoms with E-state index in [0.717, 1.165) is 12.4 Å². The molecule has 1 aliphatic heterocycles. The maximum atomic E-state index is 5.92. The van der Waals surface area contributed by atoms with E-state index in [9.17, 15) is 0 Å². The minimum atomic E-state index is 0.162. The summed E-state index contributed by atoms with van der Waals surface area (Å²) in [5.74, 6) is 1.47. The highest BCUT2D eigenvalue weighted by Crippen LogP contribution is 2.52. The van der Waals surface area contributed by atoms with Crippen LogP contribution in [0.25, 0.3) is 0 Å². The van der Waals surface area contributed by atoms with Gasteiger partial charge in [-0.05, 0) is 25.0 Å². The summed E-state index contributed by atoms with van der Waals surface area (Å²) in [6.07, 6.45) is 2.80. The van der Waals surface area contributed by atoms with Crippen molar-refractivity contribution in [1.82, 2.24) is 4.98 Å². The first-order chi connectivity index (χ1) is 8.59. The van der Waals surface area contributed by atoms with Crippen molar-refractivity contribution < 1.29 is 4.74 Å². The molecule has 3 nitrogen and oxygen atoms in total. The molecule has 0 spiro atoms. The molecule has 3 rings (SSSR count). The maximum absolute atomic E-state index is 5.92. The topological polar surface area (TPSA) is 34.2 Å². The molecular formula is C14H19ClN2O. The Morgan fingerprint density at radius 1 is 1.44 bits per heavy atom. The van der Waals surface area contributed by atoms with E-state index in [4.69, 9.17) is 16.3 Å². The third-order valence-electron chi connectivity index (χ3n) is 4.35.